The summed E-state index contributed by atoms with van der Waals surface area (Å²) in [4.78, 5) is 18.5. The van der Waals surface area contributed by atoms with Crippen LogP contribution in [0.1, 0.15) is 36.6 Å². The number of methoxy groups -OCH3 is 2. The van der Waals surface area contributed by atoms with E-state index in [0.29, 0.717) is 18.3 Å². The van der Waals surface area contributed by atoms with Gasteiger partial charge in [0.05, 0.1) is 13.7 Å². The Morgan fingerprint density at radius 2 is 1.68 bits per heavy atom. The van der Waals surface area contributed by atoms with Crippen molar-refractivity contribution in [3.63, 3.8) is 0 Å². The van der Waals surface area contributed by atoms with Crippen molar-refractivity contribution < 1.29 is 18.8 Å². The predicted molar refractivity (Wildman–Crippen MR) is 144 cm³/mol. The summed E-state index contributed by atoms with van der Waals surface area (Å²) in [5.74, 6) is 0.709. The normalized spacial score (nSPS) is 12.9. The number of likely N-dealkylation sites (N-methyl/N-ethyl adjacent to an activating group) is 1. The van der Waals surface area contributed by atoms with Crippen LogP contribution in [0, 0.1) is 6.92 Å². The van der Waals surface area contributed by atoms with Crippen LogP contribution in [0.2, 0.25) is 0 Å². The third-order valence-electron chi connectivity index (χ3n) is 6.93. The lowest BCUT2D eigenvalue weighted by Gasteiger charge is -2.29. The third kappa shape index (κ3) is 5.63. The molecule has 1 unspecified atom stereocenters. The highest BCUT2D eigenvalue weighted by Crippen LogP contribution is 2.32. The molecule has 7 heteroatoms. The van der Waals surface area contributed by atoms with Crippen LogP contribution < -0.4 is 0 Å². The Balaban J connectivity index is 1.56. The van der Waals surface area contributed by atoms with E-state index in [4.69, 9.17) is 14.0 Å². The molecule has 1 aromatic heterocycles. The minimum Gasteiger partial charge on any atom is -0.468 e. The SMILES string of the molecule is COCc1cc(-c2nc(-c3ccc(C(C)N(C)[C@@H](C)C(=O)OC)cc3)no2)ccc1-c1ccccc1C. The molecule has 2 atom stereocenters. The van der Waals surface area contributed by atoms with E-state index in [2.05, 4.69) is 42.2 Å². The van der Waals surface area contributed by atoms with E-state index in [1.807, 2.05) is 67.4 Å². The monoisotopic (exact) mass is 499 g/mol. The van der Waals surface area contributed by atoms with Crippen LogP contribution in [-0.4, -0.2) is 48.3 Å². The van der Waals surface area contributed by atoms with Gasteiger partial charge in [0.15, 0.2) is 0 Å². The van der Waals surface area contributed by atoms with Crippen LogP contribution >= 0.6 is 0 Å². The number of hydrogen-bond donors (Lipinski definition) is 0. The number of hydrogen-bond acceptors (Lipinski definition) is 7. The van der Waals surface area contributed by atoms with Crippen LogP contribution in [0.5, 0.6) is 0 Å². The fourth-order valence-corrected chi connectivity index (χ4v) is 4.42. The van der Waals surface area contributed by atoms with Crippen molar-refractivity contribution in [3.8, 4) is 34.0 Å². The molecule has 0 bridgehead atoms. The van der Waals surface area contributed by atoms with E-state index >= 15 is 0 Å². The van der Waals surface area contributed by atoms with E-state index in [9.17, 15) is 4.79 Å². The molecule has 0 spiro atoms. The Kier molecular flexibility index (Phi) is 8.16. The van der Waals surface area contributed by atoms with Crippen LogP contribution in [-0.2, 0) is 20.9 Å². The largest absolute Gasteiger partial charge is 0.468 e. The molecule has 192 valence electrons. The third-order valence-corrected chi connectivity index (χ3v) is 6.93. The van der Waals surface area contributed by atoms with E-state index in [0.717, 1.165) is 27.8 Å². The zero-order chi connectivity index (χ0) is 26.5. The summed E-state index contributed by atoms with van der Waals surface area (Å²) in [5, 5.41) is 4.22. The Hall–Kier alpha value is -3.81. The fourth-order valence-electron chi connectivity index (χ4n) is 4.42. The first-order valence-corrected chi connectivity index (χ1v) is 12.3. The second-order valence-corrected chi connectivity index (χ2v) is 9.21. The van der Waals surface area contributed by atoms with Gasteiger partial charge >= 0.3 is 5.97 Å². The number of esters is 1. The molecule has 0 N–H and O–H groups in total. The van der Waals surface area contributed by atoms with Crippen LogP contribution in [0.3, 0.4) is 0 Å². The van der Waals surface area contributed by atoms with Gasteiger partial charge in [-0.1, -0.05) is 59.8 Å². The minimum atomic E-state index is -0.348. The number of rotatable bonds is 9. The molecule has 37 heavy (non-hydrogen) atoms. The van der Waals surface area contributed by atoms with Gasteiger partial charge in [0.1, 0.15) is 6.04 Å². The van der Waals surface area contributed by atoms with Gasteiger partial charge in [-0.15, -0.1) is 0 Å². The zero-order valence-corrected chi connectivity index (χ0v) is 22.2. The maximum atomic E-state index is 11.9. The quantitative estimate of drug-likeness (QED) is 0.258. The molecule has 0 saturated heterocycles. The zero-order valence-electron chi connectivity index (χ0n) is 22.2. The Morgan fingerprint density at radius 1 is 0.973 bits per heavy atom. The Labute approximate surface area is 218 Å². The summed E-state index contributed by atoms with van der Waals surface area (Å²) in [6, 6.07) is 22.1. The summed E-state index contributed by atoms with van der Waals surface area (Å²) in [6.07, 6.45) is 0. The fraction of sp³-hybridized carbons (Fsp3) is 0.300. The molecule has 7 nitrogen and oxygen atoms in total. The number of aromatic nitrogens is 2. The molecule has 0 aliphatic heterocycles. The molecule has 0 saturated carbocycles. The number of benzene rings is 3. The van der Waals surface area contributed by atoms with Gasteiger partial charge in [0.2, 0.25) is 5.82 Å². The first kappa shape index (κ1) is 26.3. The summed E-state index contributed by atoms with van der Waals surface area (Å²) < 4.78 is 16.0. The molecule has 4 rings (SSSR count). The number of ether oxygens (including phenoxy) is 2. The molecule has 3 aromatic carbocycles. The second kappa shape index (κ2) is 11.5. The first-order valence-electron chi connectivity index (χ1n) is 12.3. The Morgan fingerprint density at radius 3 is 2.35 bits per heavy atom. The number of nitrogens with zero attached hydrogens (tertiary/aromatic N) is 3. The van der Waals surface area contributed by atoms with Crippen LogP contribution in [0.4, 0.5) is 0 Å². The molecular formula is C30H33N3O4. The first-order chi connectivity index (χ1) is 17.8. The topological polar surface area (TPSA) is 77.7 Å². The van der Waals surface area contributed by atoms with Crippen LogP contribution in [0.15, 0.2) is 71.3 Å². The maximum absolute atomic E-state index is 11.9. The van der Waals surface area contributed by atoms with Gasteiger partial charge in [-0.3, -0.25) is 9.69 Å². The summed E-state index contributed by atoms with van der Waals surface area (Å²) in [5.41, 5.74) is 7.32. The van der Waals surface area contributed by atoms with Gasteiger partial charge in [-0.25, -0.2) is 0 Å². The molecular weight excluding hydrogens is 466 g/mol. The van der Waals surface area contributed by atoms with Crippen molar-refractivity contribution in [3.05, 3.63) is 83.4 Å². The molecule has 0 aliphatic carbocycles. The van der Waals surface area contributed by atoms with Crippen molar-refractivity contribution in [2.24, 2.45) is 0 Å². The molecule has 0 aliphatic rings. The van der Waals surface area contributed by atoms with Gasteiger partial charge in [-0.2, -0.15) is 4.98 Å². The second-order valence-electron chi connectivity index (χ2n) is 9.21. The average molecular weight is 500 g/mol. The van der Waals surface area contributed by atoms with Gasteiger partial charge < -0.3 is 14.0 Å². The molecule has 1 heterocycles. The highest BCUT2D eigenvalue weighted by molar-refractivity contribution is 5.75. The van der Waals surface area contributed by atoms with Crippen molar-refractivity contribution >= 4 is 5.97 Å². The number of carbonyl (C=O) groups is 1. The molecule has 4 aromatic rings. The van der Waals surface area contributed by atoms with Crippen molar-refractivity contribution in [2.45, 2.75) is 39.5 Å². The van der Waals surface area contributed by atoms with Gasteiger partial charge in [0, 0.05) is 24.3 Å². The lowest BCUT2D eigenvalue weighted by atomic mass is 9.94. The predicted octanol–water partition coefficient (Wildman–Crippen LogP) is 6.08. The molecule has 0 amide bonds. The summed E-state index contributed by atoms with van der Waals surface area (Å²) in [7, 11) is 5.01. The Bertz CT molecular complexity index is 1360. The highest BCUT2D eigenvalue weighted by atomic mass is 16.5. The van der Waals surface area contributed by atoms with Crippen LogP contribution in [0.25, 0.3) is 34.0 Å². The van der Waals surface area contributed by atoms with E-state index < -0.39 is 0 Å². The molecule has 0 radical (unpaired) electrons. The lowest BCUT2D eigenvalue weighted by Crippen LogP contribution is -2.38. The maximum Gasteiger partial charge on any atom is 0.322 e. The molecule has 0 fully saturated rings. The van der Waals surface area contributed by atoms with E-state index in [-0.39, 0.29) is 18.1 Å². The number of carbonyl (C=O) groups excluding carboxylic acids is 1. The lowest BCUT2D eigenvalue weighted by molar-refractivity contribution is -0.146. The number of aryl methyl sites for hydroxylation is 1. The van der Waals surface area contributed by atoms with Crippen molar-refractivity contribution in [2.75, 3.05) is 21.3 Å². The summed E-state index contributed by atoms with van der Waals surface area (Å²) in [6.45, 7) is 6.47. The smallest absolute Gasteiger partial charge is 0.322 e. The summed E-state index contributed by atoms with van der Waals surface area (Å²) >= 11 is 0. The van der Waals surface area contributed by atoms with Crippen molar-refractivity contribution in [1.29, 1.82) is 0 Å². The van der Waals surface area contributed by atoms with E-state index in [1.54, 1.807) is 7.11 Å². The van der Waals surface area contributed by atoms with Gasteiger partial charge in [-0.05, 0) is 67.8 Å². The van der Waals surface area contributed by atoms with E-state index in [1.165, 1.54) is 18.2 Å². The average Bonchev–Trinajstić information content (AvgIpc) is 3.42. The minimum absolute atomic E-state index is 0.0231. The van der Waals surface area contributed by atoms with Gasteiger partial charge in [0.25, 0.3) is 5.89 Å². The highest BCUT2D eigenvalue weighted by Gasteiger charge is 2.24. The van der Waals surface area contributed by atoms with Crippen molar-refractivity contribution in [1.82, 2.24) is 15.0 Å². The standard InChI is InChI=1S/C30H33N3O4/c1-19-9-7-8-10-26(19)27-16-15-24(17-25(27)18-35-5)29-31-28(32-37-29)23-13-11-22(12-14-23)20(2)33(4)21(3)30(34)36-6/h7-17,20-21H,18H2,1-6H3/t20?,21-/m0/s1.